The van der Waals surface area contributed by atoms with Crippen molar-refractivity contribution < 1.29 is 4.79 Å². The van der Waals surface area contributed by atoms with Gasteiger partial charge in [0.15, 0.2) is 0 Å². The molecule has 130 valence electrons. The van der Waals surface area contributed by atoms with E-state index in [0.717, 1.165) is 17.7 Å². The number of amides is 1. The fourth-order valence-electron chi connectivity index (χ4n) is 3.96. The zero-order chi connectivity index (χ0) is 18.1. The summed E-state index contributed by atoms with van der Waals surface area (Å²) in [7, 11) is 0. The lowest BCUT2D eigenvalue weighted by Crippen LogP contribution is -2.22. The van der Waals surface area contributed by atoms with Crippen LogP contribution in [0.15, 0.2) is 78.9 Å². The summed E-state index contributed by atoms with van der Waals surface area (Å²) in [6.07, 6.45) is 0.845. The normalized spacial score (nSPS) is 17.5. The van der Waals surface area contributed by atoms with Gasteiger partial charge in [-0.3, -0.25) is 4.79 Å². The SMILES string of the molecule is Cc1cccc(NC(=O)[C@@H]2CC2(c2ccccc2)c2ccccc2)c1C. The molecule has 26 heavy (non-hydrogen) atoms. The molecule has 1 saturated carbocycles. The first-order valence-corrected chi connectivity index (χ1v) is 9.11. The Kier molecular flexibility index (Phi) is 4.12. The zero-order valence-corrected chi connectivity index (χ0v) is 15.2. The number of carbonyl (C=O) groups excluding carboxylic acids is 1. The molecule has 3 aromatic carbocycles. The van der Waals surface area contributed by atoms with Gasteiger partial charge in [-0.25, -0.2) is 0 Å². The van der Waals surface area contributed by atoms with Gasteiger partial charge in [-0.15, -0.1) is 0 Å². The molecule has 0 aliphatic heterocycles. The second-order valence-electron chi connectivity index (χ2n) is 7.20. The van der Waals surface area contributed by atoms with Crippen LogP contribution < -0.4 is 5.32 Å². The molecule has 0 saturated heterocycles. The molecule has 0 heterocycles. The van der Waals surface area contributed by atoms with Crippen LogP contribution in [0.25, 0.3) is 0 Å². The summed E-state index contributed by atoms with van der Waals surface area (Å²) >= 11 is 0. The number of nitrogens with one attached hydrogen (secondary N) is 1. The lowest BCUT2D eigenvalue weighted by molar-refractivity contribution is -0.117. The third-order valence-corrected chi connectivity index (χ3v) is 5.72. The topological polar surface area (TPSA) is 29.1 Å². The molecule has 3 aromatic rings. The summed E-state index contributed by atoms with van der Waals surface area (Å²) in [4.78, 5) is 13.1. The summed E-state index contributed by atoms with van der Waals surface area (Å²) in [6, 6.07) is 26.9. The standard InChI is InChI=1S/C24H23NO/c1-17-10-9-15-22(18(17)2)25-23(26)21-16-24(21,19-11-5-3-6-12-19)20-13-7-4-8-14-20/h3-15,21H,16H2,1-2H3,(H,25,26)/t21-/m0/s1. The molecule has 1 N–H and O–H groups in total. The number of hydrogen-bond donors (Lipinski definition) is 1. The third kappa shape index (κ3) is 2.72. The van der Waals surface area contributed by atoms with Gasteiger partial charge in [0.1, 0.15) is 0 Å². The molecule has 1 fully saturated rings. The van der Waals surface area contributed by atoms with Gasteiger partial charge in [0.05, 0.1) is 5.92 Å². The van der Waals surface area contributed by atoms with Crippen molar-refractivity contribution in [3.63, 3.8) is 0 Å². The van der Waals surface area contributed by atoms with E-state index in [4.69, 9.17) is 0 Å². The van der Waals surface area contributed by atoms with E-state index in [1.54, 1.807) is 0 Å². The maximum atomic E-state index is 13.1. The van der Waals surface area contributed by atoms with E-state index in [-0.39, 0.29) is 17.2 Å². The maximum absolute atomic E-state index is 13.1. The Morgan fingerprint density at radius 1 is 0.846 bits per heavy atom. The largest absolute Gasteiger partial charge is 0.326 e. The van der Waals surface area contributed by atoms with Gasteiger partial charge in [-0.2, -0.15) is 0 Å². The summed E-state index contributed by atoms with van der Waals surface area (Å²) in [5.41, 5.74) is 5.45. The van der Waals surface area contributed by atoms with Crippen LogP contribution in [-0.4, -0.2) is 5.91 Å². The van der Waals surface area contributed by atoms with E-state index in [1.807, 2.05) is 24.3 Å². The minimum Gasteiger partial charge on any atom is -0.326 e. The fourth-order valence-corrected chi connectivity index (χ4v) is 3.96. The van der Waals surface area contributed by atoms with Crippen LogP contribution >= 0.6 is 0 Å². The minimum absolute atomic E-state index is 0.0489. The van der Waals surface area contributed by atoms with Gasteiger partial charge < -0.3 is 5.32 Å². The first-order chi connectivity index (χ1) is 12.6. The monoisotopic (exact) mass is 341 g/mol. The van der Waals surface area contributed by atoms with E-state index in [1.165, 1.54) is 16.7 Å². The molecular formula is C24H23NO. The van der Waals surface area contributed by atoms with Crippen LogP contribution in [0.2, 0.25) is 0 Å². The van der Waals surface area contributed by atoms with Crippen molar-refractivity contribution in [2.45, 2.75) is 25.7 Å². The van der Waals surface area contributed by atoms with Crippen molar-refractivity contribution in [3.05, 3.63) is 101 Å². The Balaban J connectivity index is 1.67. The summed E-state index contributed by atoms with van der Waals surface area (Å²) < 4.78 is 0. The molecule has 1 amide bonds. The summed E-state index contributed by atoms with van der Waals surface area (Å²) in [5, 5.41) is 3.17. The first kappa shape index (κ1) is 16.6. The van der Waals surface area contributed by atoms with Crippen molar-refractivity contribution in [1.29, 1.82) is 0 Å². The van der Waals surface area contributed by atoms with Gasteiger partial charge in [-0.05, 0) is 48.6 Å². The molecule has 0 spiro atoms. The van der Waals surface area contributed by atoms with Gasteiger partial charge in [0.2, 0.25) is 5.91 Å². The molecule has 2 nitrogen and oxygen atoms in total. The molecule has 1 aliphatic rings. The average molecular weight is 341 g/mol. The Labute approximate surface area is 154 Å². The summed E-state index contributed by atoms with van der Waals surface area (Å²) in [5.74, 6) is 0.0543. The number of hydrogen-bond acceptors (Lipinski definition) is 1. The predicted octanol–water partition coefficient (Wildman–Crippen LogP) is 5.25. The van der Waals surface area contributed by atoms with Crippen LogP contribution in [0.5, 0.6) is 0 Å². The number of anilines is 1. The number of benzene rings is 3. The number of rotatable bonds is 4. The zero-order valence-electron chi connectivity index (χ0n) is 15.2. The van der Waals surface area contributed by atoms with Crippen molar-refractivity contribution in [1.82, 2.24) is 0 Å². The molecule has 1 aliphatic carbocycles. The molecule has 0 radical (unpaired) electrons. The van der Waals surface area contributed by atoms with Crippen molar-refractivity contribution in [2.24, 2.45) is 5.92 Å². The van der Waals surface area contributed by atoms with Gasteiger partial charge >= 0.3 is 0 Å². The molecule has 2 heteroatoms. The Hall–Kier alpha value is -2.87. The van der Waals surface area contributed by atoms with E-state index in [0.29, 0.717) is 0 Å². The van der Waals surface area contributed by atoms with Crippen molar-refractivity contribution >= 4 is 11.6 Å². The van der Waals surface area contributed by atoms with E-state index >= 15 is 0 Å². The molecule has 0 unspecified atom stereocenters. The molecular weight excluding hydrogens is 318 g/mol. The average Bonchev–Trinajstić information content (AvgIpc) is 3.44. The lowest BCUT2D eigenvalue weighted by Gasteiger charge is -2.19. The van der Waals surface area contributed by atoms with Gasteiger partial charge in [0, 0.05) is 11.1 Å². The number of carbonyl (C=O) groups is 1. The van der Waals surface area contributed by atoms with Crippen LogP contribution in [-0.2, 0) is 10.2 Å². The van der Waals surface area contributed by atoms with Gasteiger partial charge in [-0.1, -0.05) is 72.8 Å². The van der Waals surface area contributed by atoms with E-state index < -0.39 is 0 Å². The highest BCUT2D eigenvalue weighted by Gasteiger charge is 2.60. The fraction of sp³-hybridized carbons (Fsp3) is 0.208. The highest BCUT2D eigenvalue weighted by Crippen LogP contribution is 2.59. The molecule has 1 atom stereocenters. The molecule has 0 aromatic heterocycles. The first-order valence-electron chi connectivity index (χ1n) is 9.11. The third-order valence-electron chi connectivity index (χ3n) is 5.72. The minimum atomic E-state index is -0.218. The second kappa shape index (κ2) is 6.45. The quantitative estimate of drug-likeness (QED) is 0.690. The van der Waals surface area contributed by atoms with Crippen molar-refractivity contribution in [3.8, 4) is 0 Å². The van der Waals surface area contributed by atoms with E-state index in [9.17, 15) is 4.79 Å². The Morgan fingerprint density at radius 2 is 1.42 bits per heavy atom. The Morgan fingerprint density at radius 3 is 2.00 bits per heavy atom. The molecule has 4 rings (SSSR count). The van der Waals surface area contributed by atoms with Crippen LogP contribution in [0, 0.1) is 19.8 Å². The number of aryl methyl sites for hydroxylation is 1. The smallest absolute Gasteiger partial charge is 0.228 e. The highest BCUT2D eigenvalue weighted by molar-refractivity contribution is 5.97. The molecule has 0 bridgehead atoms. The highest BCUT2D eigenvalue weighted by atomic mass is 16.2. The van der Waals surface area contributed by atoms with Gasteiger partial charge in [0.25, 0.3) is 0 Å². The predicted molar refractivity (Wildman–Crippen MR) is 106 cm³/mol. The lowest BCUT2D eigenvalue weighted by atomic mass is 9.85. The Bertz CT molecular complexity index is 891. The maximum Gasteiger partial charge on any atom is 0.228 e. The van der Waals surface area contributed by atoms with Crippen LogP contribution in [0.4, 0.5) is 5.69 Å². The van der Waals surface area contributed by atoms with Crippen LogP contribution in [0.1, 0.15) is 28.7 Å². The summed E-state index contributed by atoms with van der Waals surface area (Å²) in [6.45, 7) is 4.12. The van der Waals surface area contributed by atoms with Crippen LogP contribution in [0.3, 0.4) is 0 Å². The van der Waals surface area contributed by atoms with Crippen molar-refractivity contribution in [2.75, 3.05) is 5.32 Å². The second-order valence-corrected chi connectivity index (χ2v) is 7.20. The van der Waals surface area contributed by atoms with E-state index in [2.05, 4.69) is 73.8 Å².